The Labute approximate surface area is 110 Å². The molecular weight excluding hydrogens is 222 g/mol. The highest BCUT2D eigenvalue weighted by Gasteiger charge is 2.40. The van der Waals surface area contributed by atoms with E-state index in [0.717, 1.165) is 18.7 Å². The maximum Gasteiger partial charge on any atom is 0.0759 e. The van der Waals surface area contributed by atoms with Crippen molar-refractivity contribution in [3.63, 3.8) is 0 Å². The summed E-state index contributed by atoms with van der Waals surface area (Å²) in [4.78, 5) is 8.75. The summed E-state index contributed by atoms with van der Waals surface area (Å²) >= 11 is 0. The highest BCUT2D eigenvalue weighted by Crippen LogP contribution is 2.48. The van der Waals surface area contributed by atoms with Crippen LogP contribution in [0.1, 0.15) is 58.2 Å². The van der Waals surface area contributed by atoms with Crippen molar-refractivity contribution in [1.82, 2.24) is 15.3 Å². The predicted octanol–water partition coefficient (Wildman–Crippen LogP) is 3.34. The average Bonchev–Trinajstić information content (AvgIpc) is 2.71. The fourth-order valence-corrected chi connectivity index (χ4v) is 3.20. The van der Waals surface area contributed by atoms with Gasteiger partial charge in [0.25, 0.3) is 0 Å². The summed E-state index contributed by atoms with van der Waals surface area (Å²) in [5.74, 6) is 0.667. The Balaban J connectivity index is 2.20. The molecule has 1 fully saturated rings. The van der Waals surface area contributed by atoms with E-state index in [-0.39, 0.29) is 0 Å². The smallest absolute Gasteiger partial charge is 0.0759 e. The van der Waals surface area contributed by atoms with Gasteiger partial charge in [-0.05, 0) is 37.1 Å². The van der Waals surface area contributed by atoms with Gasteiger partial charge in [-0.25, -0.2) is 0 Å². The third-order valence-electron chi connectivity index (χ3n) is 4.26. The molecular formula is C15H25N3. The molecule has 18 heavy (non-hydrogen) atoms. The van der Waals surface area contributed by atoms with E-state index in [0.29, 0.717) is 17.4 Å². The zero-order chi connectivity index (χ0) is 13.0. The topological polar surface area (TPSA) is 37.8 Å². The van der Waals surface area contributed by atoms with Crippen molar-refractivity contribution in [3.05, 3.63) is 24.3 Å². The van der Waals surface area contributed by atoms with Crippen LogP contribution in [0.4, 0.5) is 0 Å². The van der Waals surface area contributed by atoms with Crippen LogP contribution >= 0.6 is 0 Å². The highest BCUT2D eigenvalue weighted by atomic mass is 15.0. The maximum atomic E-state index is 4.52. The van der Waals surface area contributed by atoms with E-state index in [9.17, 15) is 0 Å². The van der Waals surface area contributed by atoms with Gasteiger partial charge in [-0.2, -0.15) is 0 Å². The van der Waals surface area contributed by atoms with E-state index in [1.165, 1.54) is 19.3 Å². The summed E-state index contributed by atoms with van der Waals surface area (Å²) in [7, 11) is 0. The second-order valence-electron chi connectivity index (χ2n) is 6.05. The van der Waals surface area contributed by atoms with Crippen molar-refractivity contribution in [2.45, 2.75) is 52.5 Å². The Morgan fingerprint density at radius 2 is 2.28 bits per heavy atom. The molecule has 0 aliphatic heterocycles. The molecule has 3 heteroatoms. The monoisotopic (exact) mass is 247 g/mol. The molecule has 2 unspecified atom stereocenters. The summed E-state index contributed by atoms with van der Waals surface area (Å²) in [6.07, 6.45) is 10.6. The van der Waals surface area contributed by atoms with Crippen LogP contribution in [-0.4, -0.2) is 16.5 Å². The van der Waals surface area contributed by atoms with Crippen molar-refractivity contribution in [3.8, 4) is 0 Å². The van der Waals surface area contributed by atoms with Gasteiger partial charge in [0.05, 0.1) is 11.7 Å². The van der Waals surface area contributed by atoms with Crippen LogP contribution in [0, 0.1) is 11.3 Å². The number of nitrogens with zero attached hydrogens (tertiary/aromatic N) is 2. The Kier molecular flexibility index (Phi) is 4.33. The van der Waals surface area contributed by atoms with Crippen LogP contribution in [0.5, 0.6) is 0 Å². The summed E-state index contributed by atoms with van der Waals surface area (Å²) in [5, 5.41) is 3.68. The van der Waals surface area contributed by atoms with Gasteiger partial charge in [0.2, 0.25) is 0 Å². The summed E-state index contributed by atoms with van der Waals surface area (Å²) in [6.45, 7) is 8.04. The normalized spacial score (nSPS) is 24.1. The zero-order valence-corrected chi connectivity index (χ0v) is 11.8. The molecule has 1 saturated carbocycles. The molecule has 0 aromatic carbocycles. The van der Waals surface area contributed by atoms with Crippen LogP contribution in [-0.2, 0) is 0 Å². The van der Waals surface area contributed by atoms with Gasteiger partial charge >= 0.3 is 0 Å². The Bertz CT molecular complexity index is 361. The molecule has 1 aliphatic rings. The third-order valence-corrected chi connectivity index (χ3v) is 4.26. The van der Waals surface area contributed by atoms with Crippen LogP contribution in [0.25, 0.3) is 0 Å². The lowest BCUT2D eigenvalue weighted by molar-refractivity contribution is 0.195. The Morgan fingerprint density at radius 1 is 1.44 bits per heavy atom. The molecule has 100 valence electrons. The standard InChI is InChI=1S/C15H25N3/c1-4-8-18-14(13-11-16-9-10-17-13)12-6-5-7-15(12,2)3/h9-12,14,18H,4-8H2,1-3H3. The molecule has 2 atom stereocenters. The van der Waals surface area contributed by atoms with E-state index >= 15 is 0 Å². The molecule has 0 bridgehead atoms. The van der Waals surface area contributed by atoms with Gasteiger partial charge in [0, 0.05) is 18.6 Å². The fourth-order valence-electron chi connectivity index (χ4n) is 3.20. The van der Waals surface area contributed by atoms with Gasteiger partial charge in [-0.3, -0.25) is 9.97 Å². The lowest BCUT2D eigenvalue weighted by Crippen LogP contribution is -2.35. The molecule has 1 aromatic rings. The Hall–Kier alpha value is -0.960. The number of aromatic nitrogens is 2. The van der Waals surface area contributed by atoms with Crippen LogP contribution in [0.2, 0.25) is 0 Å². The number of hydrogen-bond acceptors (Lipinski definition) is 3. The van der Waals surface area contributed by atoms with E-state index in [1.807, 2.05) is 6.20 Å². The second-order valence-corrected chi connectivity index (χ2v) is 6.05. The van der Waals surface area contributed by atoms with E-state index in [1.54, 1.807) is 12.4 Å². The first-order chi connectivity index (χ1) is 8.65. The van der Waals surface area contributed by atoms with Gasteiger partial charge in [-0.15, -0.1) is 0 Å². The number of rotatable bonds is 5. The van der Waals surface area contributed by atoms with Gasteiger partial charge in [0.1, 0.15) is 0 Å². The predicted molar refractivity (Wildman–Crippen MR) is 74.2 cm³/mol. The highest BCUT2D eigenvalue weighted by molar-refractivity contribution is 5.08. The van der Waals surface area contributed by atoms with Crippen molar-refractivity contribution in [1.29, 1.82) is 0 Å². The summed E-state index contributed by atoms with van der Waals surface area (Å²) < 4.78 is 0. The molecule has 0 saturated heterocycles. The molecule has 1 heterocycles. The molecule has 1 aliphatic carbocycles. The van der Waals surface area contributed by atoms with Gasteiger partial charge in [0.15, 0.2) is 0 Å². The fraction of sp³-hybridized carbons (Fsp3) is 0.733. The summed E-state index contributed by atoms with van der Waals surface area (Å²) in [5.41, 5.74) is 1.51. The van der Waals surface area contributed by atoms with E-state index in [4.69, 9.17) is 0 Å². The molecule has 3 nitrogen and oxygen atoms in total. The largest absolute Gasteiger partial charge is 0.308 e. The van der Waals surface area contributed by atoms with Crippen molar-refractivity contribution in [2.24, 2.45) is 11.3 Å². The molecule has 0 spiro atoms. The van der Waals surface area contributed by atoms with Gasteiger partial charge in [-0.1, -0.05) is 27.2 Å². The van der Waals surface area contributed by atoms with Gasteiger partial charge < -0.3 is 5.32 Å². The molecule has 0 radical (unpaired) electrons. The zero-order valence-electron chi connectivity index (χ0n) is 11.8. The first kappa shape index (κ1) is 13.5. The van der Waals surface area contributed by atoms with Crippen LogP contribution < -0.4 is 5.32 Å². The summed E-state index contributed by atoms with van der Waals surface area (Å²) in [6, 6.07) is 0.358. The average molecular weight is 247 g/mol. The van der Waals surface area contributed by atoms with E-state index in [2.05, 4.69) is 36.1 Å². The maximum absolute atomic E-state index is 4.52. The molecule has 1 aromatic heterocycles. The van der Waals surface area contributed by atoms with E-state index < -0.39 is 0 Å². The second kappa shape index (κ2) is 5.79. The number of nitrogens with one attached hydrogen (secondary N) is 1. The molecule has 2 rings (SSSR count). The van der Waals surface area contributed by atoms with Crippen molar-refractivity contribution in [2.75, 3.05) is 6.54 Å². The lowest BCUT2D eigenvalue weighted by Gasteiger charge is -2.34. The number of hydrogen-bond donors (Lipinski definition) is 1. The third kappa shape index (κ3) is 2.89. The minimum absolute atomic E-state index is 0.358. The first-order valence-corrected chi connectivity index (χ1v) is 7.14. The minimum Gasteiger partial charge on any atom is -0.308 e. The first-order valence-electron chi connectivity index (χ1n) is 7.14. The quantitative estimate of drug-likeness (QED) is 0.867. The van der Waals surface area contributed by atoms with Crippen molar-refractivity contribution >= 4 is 0 Å². The molecule has 1 N–H and O–H groups in total. The lowest BCUT2D eigenvalue weighted by atomic mass is 9.76. The van der Waals surface area contributed by atoms with Crippen molar-refractivity contribution < 1.29 is 0 Å². The Morgan fingerprint density at radius 3 is 2.83 bits per heavy atom. The van der Waals surface area contributed by atoms with Crippen LogP contribution in [0.15, 0.2) is 18.6 Å². The SMILES string of the molecule is CCCNC(c1cnccn1)C1CCCC1(C)C. The molecule has 0 amide bonds. The van der Waals surface area contributed by atoms with Crippen LogP contribution in [0.3, 0.4) is 0 Å². The minimum atomic E-state index is 0.358.